The zero-order valence-electron chi connectivity index (χ0n) is 21.3. The summed E-state index contributed by atoms with van der Waals surface area (Å²) in [6, 6.07) is 8.73. The quantitative estimate of drug-likeness (QED) is 0.422. The van der Waals surface area contributed by atoms with E-state index in [0.717, 1.165) is 24.2 Å². The van der Waals surface area contributed by atoms with Crippen LogP contribution in [0, 0.1) is 0 Å². The van der Waals surface area contributed by atoms with Crippen molar-refractivity contribution in [2.75, 3.05) is 6.61 Å². The first kappa shape index (κ1) is 23.8. The number of carbonyl (C=O) groups excluding carboxylic acids is 1. The van der Waals surface area contributed by atoms with Gasteiger partial charge >= 0.3 is 5.97 Å². The Morgan fingerprint density at radius 2 is 1.91 bits per heavy atom. The van der Waals surface area contributed by atoms with Crippen LogP contribution in [0.2, 0.25) is 0 Å². The maximum absolute atomic E-state index is 12.3. The molecule has 186 valence electrons. The summed E-state index contributed by atoms with van der Waals surface area (Å²) in [7, 11) is 0. The van der Waals surface area contributed by atoms with Gasteiger partial charge in [0.2, 0.25) is 0 Å². The number of ether oxygens (including phenoxy) is 1. The molecule has 3 aromatic rings. The van der Waals surface area contributed by atoms with Gasteiger partial charge in [-0.25, -0.2) is 9.48 Å². The second kappa shape index (κ2) is 10.00. The van der Waals surface area contributed by atoms with Crippen LogP contribution in [0.5, 0.6) is 0 Å². The number of hydrogen-bond donors (Lipinski definition) is 1. The molecule has 2 heterocycles. The SMILES string of the molecule is CC1(C)CCc2cn[nH]c21.CCOC(=O)c1cnn(-c2cccc(C3CCCCC3)c2)c1C1CC1. The minimum absolute atomic E-state index is 0.251. The first-order valence-corrected chi connectivity index (χ1v) is 13.4. The summed E-state index contributed by atoms with van der Waals surface area (Å²) < 4.78 is 7.19. The molecule has 2 aromatic heterocycles. The van der Waals surface area contributed by atoms with Crippen molar-refractivity contribution in [3.05, 3.63) is 64.7 Å². The zero-order chi connectivity index (χ0) is 24.4. The third-order valence-corrected chi connectivity index (χ3v) is 7.87. The Bertz CT molecular complexity index is 1170. The molecule has 0 atom stereocenters. The van der Waals surface area contributed by atoms with Gasteiger partial charge in [-0.2, -0.15) is 10.2 Å². The Kier molecular flexibility index (Phi) is 6.81. The number of rotatable bonds is 5. The summed E-state index contributed by atoms with van der Waals surface area (Å²) in [6.07, 6.45) is 14.9. The van der Waals surface area contributed by atoms with E-state index in [1.807, 2.05) is 17.8 Å². The van der Waals surface area contributed by atoms with E-state index in [2.05, 4.69) is 53.4 Å². The second-order valence-corrected chi connectivity index (χ2v) is 10.9. The minimum Gasteiger partial charge on any atom is -0.462 e. The van der Waals surface area contributed by atoms with Gasteiger partial charge in [-0.05, 0) is 74.6 Å². The van der Waals surface area contributed by atoms with Gasteiger partial charge in [0.25, 0.3) is 0 Å². The standard InChI is InChI=1S/C21H26N2O2.C8H12N2/c1-2-25-21(24)19-14-22-23(20(19)16-11-12-16)18-10-6-9-17(13-18)15-7-4-3-5-8-15;1-8(2)4-3-6-5-9-10-7(6)8/h6,9-10,13-16H,2-5,7-8,11-12H2,1H3;5H,3-4H2,1-2H3,(H,9,10). The molecule has 2 saturated carbocycles. The van der Waals surface area contributed by atoms with Gasteiger partial charge in [0.1, 0.15) is 5.56 Å². The number of H-pyrrole nitrogens is 1. The molecule has 0 aliphatic heterocycles. The fourth-order valence-corrected chi connectivity index (χ4v) is 5.68. The van der Waals surface area contributed by atoms with Crippen molar-refractivity contribution in [2.45, 2.75) is 95.8 Å². The lowest BCUT2D eigenvalue weighted by Crippen LogP contribution is -2.12. The van der Waals surface area contributed by atoms with E-state index in [1.54, 1.807) is 6.20 Å². The molecule has 0 spiro atoms. The molecule has 1 N–H and O–H groups in total. The molecular weight excluding hydrogens is 436 g/mol. The number of carbonyl (C=O) groups is 1. The number of aromatic nitrogens is 4. The predicted octanol–water partition coefficient (Wildman–Crippen LogP) is 6.61. The summed E-state index contributed by atoms with van der Waals surface area (Å²) in [5, 5.41) is 11.6. The Morgan fingerprint density at radius 3 is 2.63 bits per heavy atom. The summed E-state index contributed by atoms with van der Waals surface area (Å²) >= 11 is 0. The molecule has 0 unspecified atom stereocenters. The molecule has 0 amide bonds. The molecule has 3 aliphatic carbocycles. The van der Waals surface area contributed by atoms with Gasteiger partial charge in [-0.3, -0.25) is 5.10 Å². The van der Waals surface area contributed by atoms with Crippen molar-refractivity contribution < 1.29 is 9.53 Å². The molecule has 1 aromatic carbocycles. The summed E-state index contributed by atoms with van der Waals surface area (Å²) in [4.78, 5) is 12.3. The smallest absolute Gasteiger partial charge is 0.341 e. The van der Waals surface area contributed by atoms with E-state index >= 15 is 0 Å². The highest BCUT2D eigenvalue weighted by atomic mass is 16.5. The van der Waals surface area contributed by atoms with Gasteiger partial charge in [0.05, 0.1) is 30.4 Å². The van der Waals surface area contributed by atoms with Crippen LogP contribution in [0.15, 0.2) is 36.7 Å². The number of fused-ring (bicyclic) bond motifs is 1. The van der Waals surface area contributed by atoms with Crippen LogP contribution in [0.4, 0.5) is 0 Å². The van der Waals surface area contributed by atoms with Gasteiger partial charge < -0.3 is 4.74 Å². The van der Waals surface area contributed by atoms with Crippen molar-refractivity contribution >= 4 is 5.97 Å². The zero-order valence-corrected chi connectivity index (χ0v) is 21.3. The highest BCUT2D eigenvalue weighted by Crippen LogP contribution is 2.43. The lowest BCUT2D eigenvalue weighted by Gasteiger charge is -2.22. The van der Waals surface area contributed by atoms with Gasteiger partial charge in [-0.1, -0.05) is 45.2 Å². The van der Waals surface area contributed by atoms with E-state index in [1.165, 1.54) is 61.8 Å². The number of esters is 1. The molecule has 0 radical (unpaired) electrons. The average molecular weight is 475 g/mol. The van der Waals surface area contributed by atoms with E-state index in [-0.39, 0.29) is 5.97 Å². The largest absolute Gasteiger partial charge is 0.462 e. The first-order valence-electron chi connectivity index (χ1n) is 13.4. The molecule has 6 nitrogen and oxygen atoms in total. The van der Waals surface area contributed by atoms with Crippen molar-refractivity contribution in [1.82, 2.24) is 20.0 Å². The normalized spacial score (nSPS) is 19.1. The Morgan fingerprint density at radius 1 is 1.11 bits per heavy atom. The lowest BCUT2D eigenvalue weighted by molar-refractivity contribution is 0.0525. The Hall–Kier alpha value is -2.89. The Labute approximate surface area is 208 Å². The number of nitrogens with zero attached hydrogens (tertiary/aromatic N) is 3. The molecule has 3 aliphatic rings. The number of aryl methyl sites for hydroxylation is 1. The van der Waals surface area contributed by atoms with E-state index in [9.17, 15) is 4.79 Å². The van der Waals surface area contributed by atoms with E-state index < -0.39 is 0 Å². The highest BCUT2D eigenvalue weighted by molar-refractivity contribution is 5.91. The van der Waals surface area contributed by atoms with Crippen LogP contribution < -0.4 is 0 Å². The molecule has 35 heavy (non-hydrogen) atoms. The van der Waals surface area contributed by atoms with Crippen LogP contribution in [0.3, 0.4) is 0 Å². The van der Waals surface area contributed by atoms with Crippen LogP contribution in [-0.4, -0.2) is 32.6 Å². The predicted molar refractivity (Wildman–Crippen MR) is 137 cm³/mol. The van der Waals surface area contributed by atoms with Crippen molar-refractivity contribution in [3.8, 4) is 5.69 Å². The summed E-state index contributed by atoms with van der Waals surface area (Å²) in [5.74, 6) is 0.845. The monoisotopic (exact) mass is 474 g/mol. The molecule has 6 heteroatoms. The molecule has 0 bridgehead atoms. The fraction of sp³-hybridized carbons (Fsp3) is 0.552. The van der Waals surface area contributed by atoms with Crippen molar-refractivity contribution in [1.29, 1.82) is 0 Å². The molecule has 0 saturated heterocycles. The van der Waals surface area contributed by atoms with Crippen LogP contribution in [0.1, 0.15) is 117 Å². The number of benzene rings is 1. The summed E-state index contributed by atoms with van der Waals surface area (Å²) in [5.41, 5.74) is 7.23. The first-order chi connectivity index (χ1) is 17.0. The topological polar surface area (TPSA) is 72.8 Å². The third kappa shape index (κ3) is 5.07. The maximum Gasteiger partial charge on any atom is 0.341 e. The van der Waals surface area contributed by atoms with Crippen molar-refractivity contribution in [2.24, 2.45) is 0 Å². The maximum atomic E-state index is 12.3. The number of nitrogens with one attached hydrogen (secondary N) is 1. The fourth-order valence-electron chi connectivity index (χ4n) is 5.68. The molecule has 2 fully saturated rings. The Balaban J connectivity index is 0.000000211. The van der Waals surface area contributed by atoms with Crippen LogP contribution in [0.25, 0.3) is 5.69 Å². The minimum atomic E-state index is -0.251. The van der Waals surface area contributed by atoms with E-state index in [4.69, 9.17) is 4.74 Å². The highest BCUT2D eigenvalue weighted by Gasteiger charge is 2.34. The third-order valence-electron chi connectivity index (χ3n) is 7.87. The lowest BCUT2D eigenvalue weighted by atomic mass is 9.84. The second-order valence-electron chi connectivity index (χ2n) is 10.9. The van der Waals surface area contributed by atoms with Gasteiger partial charge in [0.15, 0.2) is 0 Å². The number of aromatic amines is 1. The van der Waals surface area contributed by atoms with Crippen molar-refractivity contribution in [3.63, 3.8) is 0 Å². The van der Waals surface area contributed by atoms with Crippen LogP contribution in [-0.2, 0) is 16.6 Å². The van der Waals surface area contributed by atoms with E-state index in [0.29, 0.717) is 29.4 Å². The summed E-state index contributed by atoms with van der Waals surface area (Å²) in [6.45, 7) is 6.76. The average Bonchev–Trinajstić information content (AvgIpc) is 3.29. The number of hydrogen-bond acceptors (Lipinski definition) is 4. The van der Waals surface area contributed by atoms with Gasteiger partial charge in [0, 0.05) is 17.0 Å². The van der Waals surface area contributed by atoms with Gasteiger partial charge in [-0.15, -0.1) is 0 Å². The van der Waals surface area contributed by atoms with Crippen LogP contribution >= 0.6 is 0 Å². The molecule has 6 rings (SSSR count). The molecular formula is C29H38N4O2.